The van der Waals surface area contributed by atoms with Crippen LogP contribution in [0.3, 0.4) is 0 Å². The van der Waals surface area contributed by atoms with Crippen LogP contribution in [-0.2, 0) is 12.8 Å². The van der Waals surface area contributed by atoms with Crippen LogP contribution in [0.5, 0.6) is 5.75 Å². The van der Waals surface area contributed by atoms with Crippen LogP contribution in [0.4, 0.5) is 0 Å². The van der Waals surface area contributed by atoms with Crippen molar-refractivity contribution in [3.8, 4) is 5.75 Å². The monoisotopic (exact) mass is 410 g/mol. The van der Waals surface area contributed by atoms with E-state index in [0.29, 0.717) is 5.75 Å². The van der Waals surface area contributed by atoms with E-state index in [-0.39, 0.29) is 0 Å². The third kappa shape index (κ3) is 14.3. The lowest BCUT2D eigenvalue weighted by Gasteiger charge is -2.08. The van der Waals surface area contributed by atoms with Gasteiger partial charge in [0.05, 0.1) is 0 Å². The van der Waals surface area contributed by atoms with Crippen LogP contribution in [0.2, 0.25) is 0 Å². The maximum atomic E-state index is 10.3. The maximum Gasteiger partial charge on any atom is 0.119 e. The molecule has 0 aliphatic heterocycles. The second-order valence-corrected chi connectivity index (χ2v) is 8.49. The molecule has 0 radical (unpaired) electrons. The number of phenols is 1. The number of rotatable bonds is 19. The lowest BCUT2D eigenvalue weighted by molar-refractivity contribution is 0.465. The topological polar surface area (TPSA) is 20.2 Å². The summed E-state index contributed by atoms with van der Waals surface area (Å²) < 4.78 is 0. The van der Waals surface area contributed by atoms with Crippen molar-refractivity contribution in [2.45, 2.75) is 110 Å². The molecule has 0 saturated heterocycles. The van der Waals surface area contributed by atoms with Crippen molar-refractivity contribution in [1.82, 2.24) is 0 Å². The minimum Gasteiger partial charge on any atom is -0.508 e. The van der Waals surface area contributed by atoms with Crippen LogP contribution in [0.1, 0.15) is 108 Å². The molecule has 0 atom stereocenters. The summed E-state index contributed by atoms with van der Waals surface area (Å²) in [4.78, 5) is 0. The summed E-state index contributed by atoms with van der Waals surface area (Å²) in [7, 11) is 0. The van der Waals surface area contributed by atoms with E-state index in [1.807, 2.05) is 12.1 Å². The number of hydrogen-bond acceptors (Lipinski definition) is 1. The summed E-state index contributed by atoms with van der Waals surface area (Å²) in [5, 5.41) is 10.3. The number of hydrogen-bond donors (Lipinski definition) is 1. The molecular formula is C29H46O. The molecule has 1 heteroatoms. The normalized spacial score (nSPS) is 11.6. The van der Waals surface area contributed by atoms with E-state index >= 15 is 0 Å². The standard InChI is InChI=1S/C29H46O/c1-3-5-7-9-11-12-13-14-15-16-17-18-20-22-27-24-25-28(29(30)26-27)23-21-19-10-8-6-4-2/h3,7,9,12-13,24-26,30H,1,4-6,8,10-11,14-23H2,2H3/b9-7-,13-12-. The van der Waals surface area contributed by atoms with Gasteiger partial charge in [0.25, 0.3) is 0 Å². The summed E-state index contributed by atoms with van der Waals surface area (Å²) in [5.41, 5.74) is 2.41. The summed E-state index contributed by atoms with van der Waals surface area (Å²) in [5.74, 6) is 0.507. The molecule has 0 aliphatic carbocycles. The summed E-state index contributed by atoms with van der Waals surface area (Å²) in [6, 6.07) is 6.37. The Morgan fingerprint density at radius 2 is 1.37 bits per heavy atom. The fourth-order valence-electron chi connectivity index (χ4n) is 3.78. The first kappa shape index (κ1) is 26.3. The molecule has 0 fully saturated rings. The predicted molar refractivity (Wildman–Crippen MR) is 134 cm³/mol. The van der Waals surface area contributed by atoms with Crippen molar-refractivity contribution in [3.63, 3.8) is 0 Å². The molecular weight excluding hydrogens is 364 g/mol. The number of aromatic hydroxyl groups is 1. The fourth-order valence-corrected chi connectivity index (χ4v) is 3.78. The molecule has 0 unspecified atom stereocenters. The largest absolute Gasteiger partial charge is 0.508 e. The van der Waals surface area contributed by atoms with Crippen molar-refractivity contribution < 1.29 is 5.11 Å². The van der Waals surface area contributed by atoms with Gasteiger partial charge in [-0.05, 0) is 68.6 Å². The third-order valence-corrected chi connectivity index (χ3v) is 5.69. The van der Waals surface area contributed by atoms with E-state index in [2.05, 4.69) is 49.9 Å². The van der Waals surface area contributed by atoms with Gasteiger partial charge in [-0.1, -0.05) is 101 Å². The van der Waals surface area contributed by atoms with Gasteiger partial charge in [0.2, 0.25) is 0 Å². The highest BCUT2D eigenvalue weighted by molar-refractivity contribution is 5.36. The Kier molecular flexibility index (Phi) is 16.8. The van der Waals surface area contributed by atoms with Crippen molar-refractivity contribution in [3.05, 3.63) is 66.3 Å². The molecule has 1 N–H and O–H groups in total. The van der Waals surface area contributed by atoms with Gasteiger partial charge in [-0.15, -0.1) is 6.58 Å². The van der Waals surface area contributed by atoms with Crippen molar-refractivity contribution in [1.29, 1.82) is 0 Å². The van der Waals surface area contributed by atoms with Gasteiger partial charge in [-0.3, -0.25) is 0 Å². The minimum atomic E-state index is 0.507. The molecule has 1 aromatic carbocycles. The Hall–Kier alpha value is -1.76. The molecule has 1 rings (SSSR count). The van der Waals surface area contributed by atoms with Crippen LogP contribution in [-0.4, -0.2) is 5.11 Å². The van der Waals surface area contributed by atoms with Gasteiger partial charge in [0, 0.05) is 0 Å². The van der Waals surface area contributed by atoms with Gasteiger partial charge in [-0.2, -0.15) is 0 Å². The first-order chi connectivity index (χ1) is 14.8. The Bertz CT molecular complexity index is 596. The number of aryl methyl sites for hydroxylation is 2. The van der Waals surface area contributed by atoms with Gasteiger partial charge >= 0.3 is 0 Å². The molecule has 0 spiro atoms. The van der Waals surface area contributed by atoms with Crippen molar-refractivity contribution in [2.75, 3.05) is 0 Å². The molecule has 1 aromatic rings. The van der Waals surface area contributed by atoms with E-state index in [1.54, 1.807) is 0 Å². The van der Waals surface area contributed by atoms with Crippen LogP contribution < -0.4 is 0 Å². The van der Waals surface area contributed by atoms with E-state index in [1.165, 1.54) is 82.6 Å². The highest BCUT2D eigenvalue weighted by Gasteiger charge is 2.03. The van der Waals surface area contributed by atoms with Gasteiger partial charge < -0.3 is 5.11 Å². The zero-order valence-corrected chi connectivity index (χ0v) is 19.6. The number of benzene rings is 1. The highest BCUT2D eigenvalue weighted by Crippen LogP contribution is 2.23. The molecule has 0 heterocycles. The second-order valence-electron chi connectivity index (χ2n) is 8.49. The van der Waals surface area contributed by atoms with Gasteiger partial charge in [-0.25, -0.2) is 0 Å². The number of unbranched alkanes of at least 4 members (excludes halogenated alkanes) is 10. The Morgan fingerprint density at radius 3 is 2.10 bits per heavy atom. The van der Waals surface area contributed by atoms with Crippen molar-refractivity contribution in [2.24, 2.45) is 0 Å². The quantitative estimate of drug-likeness (QED) is 0.178. The molecule has 0 saturated carbocycles. The number of allylic oxidation sites excluding steroid dienone is 5. The predicted octanol–water partition coefficient (Wildman–Crippen LogP) is 9.26. The minimum absolute atomic E-state index is 0.507. The fraction of sp³-hybridized carbons (Fsp3) is 0.586. The molecule has 0 aliphatic rings. The highest BCUT2D eigenvalue weighted by atomic mass is 16.3. The Morgan fingerprint density at radius 1 is 0.733 bits per heavy atom. The lowest BCUT2D eigenvalue weighted by atomic mass is 10.00. The van der Waals surface area contributed by atoms with Crippen LogP contribution in [0.25, 0.3) is 0 Å². The van der Waals surface area contributed by atoms with E-state index < -0.39 is 0 Å². The zero-order chi connectivity index (χ0) is 21.7. The van der Waals surface area contributed by atoms with E-state index in [9.17, 15) is 5.11 Å². The number of phenolic OH excluding ortho intramolecular Hbond substituents is 1. The Balaban J connectivity index is 2.05. The Labute approximate surface area is 187 Å². The van der Waals surface area contributed by atoms with E-state index in [4.69, 9.17) is 0 Å². The molecule has 30 heavy (non-hydrogen) atoms. The third-order valence-electron chi connectivity index (χ3n) is 5.69. The van der Waals surface area contributed by atoms with Gasteiger partial charge in [0.15, 0.2) is 0 Å². The summed E-state index contributed by atoms with van der Waals surface area (Å²) in [6.45, 7) is 5.97. The summed E-state index contributed by atoms with van der Waals surface area (Å²) >= 11 is 0. The van der Waals surface area contributed by atoms with Crippen LogP contribution in [0, 0.1) is 0 Å². The molecule has 0 aromatic heterocycles. The smallest absolute Gasteiger partial charge is 0.119 e. The van der Waals surface area contributed by atoms with Gasteiger partial charge in [0.1, 0.15) is 5.75 Å². The maximum absolute atomic E-state index is 10.3. The van der Waals surface area contributed by atoms with Crippen molar-refractivity contribution >= 4 is 0 Å². The van der Waals surface area contributed by atoms with Crippen LogP contribution in [0.15, 0.2) is 55.2 Å². The zero-order valence-electron chi connectivity index (χ0n) is 19.6. The first-order valence-electron chi connectivity index (χ1n) is 12.5. The molecule has 0 amide bonds. The molecule has 1 nitrogen and oxygen atoms in total. The van der Waals surface area contributed by atoms with E-state index in [0.717, 1.165) is 31.2 Å². The molecule has 0 bridgehead atoms. The summed E-state index contributed by atoms with van der Waals surface area (Å²) in [6.07, 6.45) is 30.4. The lowest BCUT2D eigenvalue weighted by Crippen LogP contribution is -1.91. The second kappa shape index (κ2) is 19.2. The molecule has 168 valence electrons. The average molecular weight is 411 g/mol. The average Bonchev–Trinajstić information content (AvgIpc) is 2.75. The van der Waals surface area contributed by atoms with Crippen LogP contribution >= 0.6 is 0 Å². The first-order valence-corrected chi connectivity index (χ1v) is 12.5. The SMILES string of the molecule is C=CC/C=C\C/C=C\CCCCCCCc1ccc(CCCCCCCC)c(O)c1.